The van der Waals surface area contributed by atoms with Crippen LogP contribution in [0, 0.1) is 0 Å². The van der Waals surface area contributed by atoms with Gasteiger partial charge < -0.3 is 5.73 Å². The quantitative estimate of drug-likeness (QED) is 0.463. The van der Waals surface area contributed by atoms with Crippen molar-refractivity contribution in [2.45, 2.75) is 31.7 Å². The Balaban J connectivity index is 1.58. The van der Waals surface area contributed by atoms with Crippen LogP contribution < -0.4 is 11.3 Å². The number of halogens is 1. The average Bonchev–Trinajstić information content (AvgIpc) is 3.51. The van der Waals surface area contributed by atoms with Crippen molar-refractivity contribution in [3.8, 4) is 11.4 Å². The van der Waals surface area contributed by atoms with Crippen LogP contribution in [0.3, 0.4) is 0 Å². The van der Waals surface area contributed by atoms with Crippen LogP contribution in [0.4, 0.5) is 11.6 Å². The van der Waals surface area contributed by atoms with Gasteiger partial charge in [-0.1, -0.05) is 24.6 Å². The number of anilines is 1. The lowest BCUT2D eigenvalue weighted by molar-refractivity contribution is 0.636. The molecule has 2 N–H and O–H groups in total. The monoisotopic (exact) mass is 449 g/mol. The minimum atomic E-state index is -0.271. The van der Waals surface area contributed by atoms with E-state index in [2.05, 4.69) is 25.0 Å². The fourth-order valence-electron chi connectivity index (χ4n) is 3.63. The molecule has 1 aliphatic rings. The van der Waals surface area contributed by atoms with E-state index in [1.807, 2.05) is 6.92 Å². The summed E-state index contributed by atoms with van der Waals surface area (Å²) in [6.45, 7) is 1.93. The van der Waals surface area contributed by atoms with E-state index in [0.717, 1.165) is 12.8 Å². The fourth-order valence-corrected chi connectivity index (χ4v) is 3.88. The number of benzene rings is 1. The summed E-state index contributed by atoms with van der Waals surface area (Å²) in [5.74, 6) is 1.33. The van der Waals surface area contributed by atoms with E-state index >= 15 is 0 Å². The van der Waals surface area contributed by atoms with Crippen LogP contribution in [0.25, 0.3) is 22.3 Å². The lowest BCUT2D eigenvalue weighted by Crippen LogP contribution is -2.26. The summed E-state index contributed by atoms with van der Waals surface area (Å²) in [6.07, 6.45) is 6.48. The maximum absolute atomic E-state index is 13.3. The highest BCUT2D eigenvalue weighted by Gasteiger charge is 2.30. The lowest BCUT2D eigenvalue weighted by atomic mass is 10.1. The summed E-state index contributed by atoms with van der Waals surface area (Å²) in [6, 6.07) is 5.42. The van der Waals surface area contributed by atoms with Crippen LogP contribution in [-0.4, -0.2) is 40.5 Å². The molecule has 0 radical (unpaired) electrons. The molecule has 1 unspecified atom stereocenters. The number of rotatable bonds is 5. The van der Waals surface area contributed by atoms with E-state index < -0.39 is 0 Å². The summed E-state index contributed by atoms with van der Waals surface area (Å²) in [4.78, 5) is 35.1. The molecule has 0 spiro atoms. The van der Waals surface area contributed by atoms with Gasteiger partial charge >= 0.3 is 0 Å². The zero-order valence-electron chi connectivity index (χ0n) is 17.5. The van der Waals surface area contributed by atoms with Gasteiger partial charge in [-0.3, -0.25) is 14.0 Å². The standard InChI is InChI=1S/C21H20ClN9O/c1-11(8-24-18-16(17(23)25-9-26-18)19-27-10-30(2)29-19)20-28-14-5-3-4-13(22)15(14)21(32)31(20)12-6-7-12/h3-5,8-12H,6-7H2,1-2H3,(H2,23,25,26). The zero-order valence-corrected chi connectivity index (χ0v) is 18.2. The van der Waals surface area contributed by atoms with Crippen LogP contribution in [-0.2, 0) is 7.05 Å². The van der Waals surface area contributed by atoms with E-state index in [4.69, 9.17) is 22.3 Å². The molecule has 3 aromatic heterocycles. The van der Waals surface area contributed by atoms with Gasteiger partial charge in [0, 0.05) is 19.3 Å². The number of hydrogen-bond donors (Lipinski definition) is 1. The Morgan fingerprint density at radius 1 is 1.28 bits per heavy atom. The van der Waals surface area contributed by atoms with Crippen LogP contribution >= 0.6 is 11.6 Å². The first kappa shape index (κ1) is 20.3. The van der Waals surface area contributed by atoms with Crippen LogP contribution in [0.5, 0.6) is 0 Å². The Labute approximate surface area is 187 Å². The fraction of sp³-hybridized carbons (Fsp3) is 0.286. The van der Waals surface area contributed by atoms with Gasteiger partial charge in [0.25, 0.3) is 5.56 Å². The Hall–Kier alpha value is -3.66. The van der Waals surface area contributed by atoms with Crippen molar-refractivity contribution in [3.63, 3.8) is 0 Å². The number of nitrogen functional groups attached to an aromatic ring is 1. The molecule has 1 saturated carbocycles. The SMILES string of the molecule is CC(C=Nc1ncnc(N)c1-c1ncn(C)n1)c1nc2cccc(Cl)c2c(=O)n1C1CC1. The number of hydrogen-bond acceptors (Lipinski definition) is 8. The molecule has 5 rings (SSSR count). The normalized spacial score (nSPS) is 15.0. The van der Waals surface area contributed by atoms with Crippen molar-refractivity contribution in [2.75, 3.05) is 5.73 Å². The Morgan fingerprint density at radius 2 is 2.09 bits per heavy atom. The van der Waals surface area contributed by atoms with Crippen LogP contribution in [0.2, 0.25) is 5.02 Å². The van der Waals surface area contributed by atoms with Crippen LogP contribution in [0.15, 0.2) is 40.6 Å². The molecular weight excluding hydrogens is 430 g/mol. The molecule has 1 aliphatic carbocycles. The second kappa shape index (κ2) is 7.79. The summed E-state index contributed by atoms with van der Waals surface area (Å²) >= 11 is 6.31. The molecule has 162 valence electrons. The third kappa shape index (κ3) is 3.52. The summed E-state index contributed by atoms with van der Waals surface area (Å²) in [5.41, 5.74) is 6.96. The molecule has 0 aliphatic heterocycles. The zero-order chi connectivity index (χ0) is 22.4. The number of fused-ring (bicyclic) bond motifs is 1. The van der Waals surface area contributed by atoms with Gasteiger partial charge in [-0.2, -0.15) is 5.10 Å². The third-order valence-corrected chi connectivity index (χ3v) is 5.64. The topological polar surface area (TPSA) is 130 Å². The van der Waals surface area contributed by atoms with Crippen molar-refractivity contribution in [2.24, 2.45) is 12.0 Å². The molecule has 3 heterocycles. The molecule has 4 aromatic rings. The molecule has 0 amide bonds. The van der Waals surface area contributed by atoms with Gasteiger partial charge in [0.15, 0.2) is 11.6 Å². The first-order valence-electron chi connectivity index (χ1n) is 10.2. The number of nitrogens with zero attached hydrogens (tertiary/aromatic N) is 8. The highest BCUT2D eigenvalue weighted by Crippen LogP contribution is 2.37. The maximum atomic E-state index is 13.3. The highest BCUT2D eigenvalue weighted by atomic mass is 35.5. The lowest BCUT2D eigenvalue weighted by Gasteiger charge is -2.16. The molecule has 10 nitrogen and oxygen atoms in total. The average molecular weight is 450 g/mol. The van der Waals surface area contributed by atoms with Crippen molar-refractivity contribution < 1.29 is 0 Å². The van der Waals surface area contributed by atoms with Crippen LogP contribution in [0.1, 0.15) is 37.5 Å². The van der Waals surface area contributed by atoms with Crippen molar-refractivity contribution >= 4 is 40.4 Å². The minimum Gasteiger partial charge on any atom is -0.383 e. The van der Waals surface area contributed by atoms with Crippen molar-refractivity contribution in [1.82, 2.24) is 34.3 Å². The Kier molecular flexibility index (Phi) is 4.93. The van der Waals surface area contributed by atoms with E-state index in [-0.39, 0.29) is 23.3 Å². The number of nitrogens with two attached hydrogens (primary N) is 1. The van der Waals surface area contributed by atoms with Gasteiger partial charge in [-0.15, -0.1) is 0 Å². The van der Waals surface area contributed by atoms with E-state index in [0.29, 0.717) is 39.0 Å². The predicted octanol–water partition coefficient (Wildman–Crippen LogP) is 3.06. The predicted molar refractivity (Wildman–Crippen MR) is 122 cm³/mol. The Morgan fingerprint density at radius 3 is 2.81 bits per heavy atom. The summed E-state index contributed by atoms with van der Waals surface area (Å²) in [5, 5.41) is 5.14. The van der Waals surface area contributed by atoms with Gasteiger partial charge in [0.2, 0.25) is 0 Å². The molecule has 1 aromatic carbocycles. The van der Waals surface area contributed by atoms with Crippen molar-refractivity contribution in [1.29, 1.82) is 0 Å². The second-order valence-electron chi connectivity index (χ2n) is 7.78. The molecule has 1 atom stereocenters. The highest BCUT2D eigenvalue weighted by molar-refractivity contribution is 6.35. The van der Waals surface area contributed by atoms with Gasteiger partial charge in [-0.05, 0) is 25.0 Å². The maximum Gasteiger partial charge on any atom is 0.263 e. The molecule has 1 fully saturated rings. The van der Waals surface area contributed by atoms with E-state index in [1.165, 1.54) is 6.33 Å². The molecule has 0 saturated heterocycles. The first-order valence-corrected chi connectivity index (χ1v) is 10.5. The second-order valence-corrected chi connectivity index (χ2v) is 8.18. The van der Waals surface area contributed by atoms with Gasteiger partial charge in [0.1, 0.15) is 29.9 Å². The molecule has 11 heteroatoms. The molecule has 32 heavy (non-hydrogen) atoms. The van der Waals surface area contributed by atoms with E-state index in [9.17, 15) is 4.79 Å². The largest absolute Gasteiger partial charge is 0.383 e. The van der Waals surface area contributed by atoms with Gasteiger partial charge in [0.05, 0.1) is 21.8 Å². The van der Waals surface area contributed by atoms with E-state index in [1.54, 1.807) is 47.0 Å². The molecule has 0 bridgehead atoms. The van der Waals surface area contributed by atoms with Crippen molar-refractivity contribution in [3.05, 3.63) is 52.1 Å². The summed E-state index contributed by atoms with van der Waals surface area (Å²) in [7, 11) is 1.76. The number of aliphatic imine (C=N–C) groups is 1. The first-order chi connectivity index (χ1) is 15.4. The minimum absolute atomic E-state index is 0.122. The van der Waals surface area contributed by atoms with Gasteiger partial charge in [-0.25, -0.2) is 24.9 Å². The third-order valence-electron chi connectivity index (χ3n) is 5.33. The smallest absolute Gasteiger partial charge is 0.263 e. The Bertz CT molecular complexity index is 1420. The number of aromatic nitrogens is 7. The summed E-state index contributed by atoms with van der Waals surface area (Å²) < 4.78 is 3.32. The number of aryl methyl sites for hydroxylation is 1. The molecular formula is C21H20ClN9O.